The van der Waals surface area contributed by atoms with Crippen molar-refractivity contribution in [2.75, 3.05) is 0 Å². The van der Waals surface area contributed by atoms with E-state index < -0.39 is 14.9 Å². The van der Waals surface area contributed by atoms with Crippen LogP contribution in [0.15, 0.2) is 41.3 Å². The van der Waals surface area contributed by atoms with Crippen LogP contribution in [-0.2, 0) is 9.05 Å². The molecule has 2 aromatic rings. The van der Waals surface area contributed by atoms with E-state index in [0.717, 1.165) is 6.07 Å². The van der Waals surface area contributed by atoms with Crippen molar-refractivity contribution in [3.8, 4) is 11.5 Å². The number of aryl methyl sites for hydroxylation is 1. The summed E-state index contributed by atoms with van der Waals surface area (Å²) >= 11 is 5.84. The molecule has 0 fully saturated rings. The summed E-state index contributed by atoms with van der Waals surface area (Å²) in [6.07, 6.45) is 0. The van der Waals surface area contributed by atoms with E-state index in [-0.39, 0.29) is 15.7 Å². The molecule has 0 N–H and O–H groups in total. The fourth-order valence-corrected chi connectivity index (χ4v) is 3.04. The number of ether oxygens (including phenoxy) is 1. The summed E-state index contributed by atoms with van der Waals surface area (Å²) in [5.41, 5.74) is 0.440. The first-order chi connectivity index (χ1) is 9.27. The third kappa shape index (κ3) is 3.42. The van der Waals surface area contributed by atoms with E-state index in [2.05, 4.69) is 0 Å². The predicted octanol–water partition coefficient (Wildman–Crippen LogP) is 4.51. The molecular formula is C13H9Cl2FO3S. The summed E-state index contributed by atoms with van der Waals surface area (Å²) in [5, 5.41) is 0.122. The maximum Gasteiger partial charge on any atom is 0.261 e. The SMILES string of the molecule is Cc1cc(Oc2ccc(F)cc2Cl)ccc1S(=O)(=O)Cl. The summed E-state index contributed by atoms with van der Waals surface area (Å²) in [4.78, 5) is 0.0109. The molecule has 7 heteroatoms. The second-order valence-corrected chi connectivity index (χ2v) is 6.98. The minimum atomic E-state index is -3.80. The van der Waals surface area contributed by atoms with E-state index >= 15 is 0 Å². The molecule has 3 nitrogen and oxygen atoms in total. The second-order valence-electron chi connectivity index (χ2n) is 4.04. The minimum Gasteiger partial charge on any atom is -0.456 e. The van der Waals surface area contributed by atoms with Crippen LogP contribution in [0.1, 0.15) is 5.56 Å². The zero-order chi connectivity index (χ0) is 14.9. The summed E-state index contributed by atoms with van der Waals surface area (Å²) in [7, 11) is 1.49. The molecule has 0 unspecified atom stereocenters. The molecule has 0 amide bonds. The van der Waals surface area contributed by atoms with Gasteiger partial charge in [0, 0.05) is 10.7 Å². The average molecular weight is 335 g/mol. The molecule has 20 heavy (non-hydrogen) atoms. The summed E-state index contributed by atoms with van der Waals surface area (Å²) < 4.78 is 40.9. The lowest BCUT2D eigenvalue weighted by Gasteiger charge is -2.09. The zero-order valence-electron chi connectivity index (χ0n) is 10.2. The number of halogens is 3. The average Bonchev–Trinajstić information content (AvgIpc) is 2.31. The molecule has 0 aliphatic carbocycles. The molecule has 0 aromatic heterocycles. The van der Waals surface area contributed by atoms with Crippen LogP contribution in [0.25, 0.3) is 0 Å². The lowest BCUT2D eigenvalue weighted by atomic mass is 10.2. The number of rotatable bonds is 3. The van der Waals surface area contributed by atoms with Gasteiger partial charge in [0.15, 0.2) is 0 Å². The zero-order valence-corrected chi connectivity index (χ0v) is 12.6. The van der Waals surface area contributed by atoms with Gasteiger partial charge >= 0.3 is 0 Å². The van der Waals surface area contributed by atoms with Gasteiger partial charge < -0.3 is 4.74 Å². The Hall–Kier alpha value is -1.30. The summed E-state index contributed by atoms with van der Waals surface area (Å²) in [6.45, 7) is 1.59. The molecule has 0 spiro atoms. The van der Waals surface area contributed by atoms with Crippen LogP contribution in [-0.4, -0.2) is 8.42 Å². The van der Waals surface area contributed by atoms with Crippen LogP contribution in [0.3, 0.4) is 0 Å². The summed E-state index contributed by atoms with van der Waals surface area (Å²) in [5.74, 6) is 0.177. The lowest BCUT2D eigenvalue weighted by Crippen LogP contribution is -1.95. The molecule has 0 aliphatic rings. The van der Waals surface area contributed by atoms with E-state index in [1.807, 2.05) is 0 Å². The maximum absolute atomic E-state index is 12.9. The normalized spacial score (nSPS) is 11.4. The molecule has 2 rings (SSSR count). The highest BCUT2D eigenvalue weighted by Crippen LogP contribution is 2.31. The smallest absolute Gasteiger partial charge is 0.261 e. The van der Waals surface area contributed by atoms with Gasteiger partial charge in [-0.2, -0.15) is 0 Å². The molecule has 0 aliphatic heterocycles. The van der Waals surface area contributed by atoms with E-state index in [4.69, 9.17) is 27.0 Å². The highest BCUT2D eigenvalue weighted by Gasteiger charge is 2.14. The monoisotopic (exact) mass is 334 g/mol. The predicted molar refractivity (Wildman–Crippen MR) is 75.7 cm³/mol. The fourth-order valence-electron chi connectivity index (χ4n) is 1.64. The quantitative estimate of drug-likeness (QED) is 0.775. The van der Waals surface area contributed by atoms with Crippen molar-refractivity contribution in [1.29, 1.82) is 0 Å². The van der Waals surface area contributed by atoms with Gasteiger partial charge in [0.1, 0.15) is 17.3 Å². The van der Waals surface area contributed by atoms with Gasteiger partial charge in [-0.15, -0.1) is 0 Å². The first-order valence-electron chi connectivity index (χ1n) is 5.45. The van der Waals surface area contributed by atoms with Crippen molar-refractivity contribution in [3.63, 3.8) is 0 Å². The largest absolute Gasteiger partial charge is 0.456 e. The van der Waals surface area contributed by atoms with E-state index in [0.29, 0.717) is 11.3 Å². The van der Waals surface area contributed by atoms with Gasteiger partial charge in [0.25, 0.3) is 9.05 Å². The Kier molecular flexibility index (Phi) is 4.22. The molecule has 0 saturated carbocycles. The van der Waals surface area contributed by atoms with Gasteiger partial charge in [-0.1, -0.05) is 11.6 Å². The van der Waals surface area contributed by atoms with E-state index in [9.17, 15) is 12.8 Å². The van der Waals surface area contributed by atoms with Crippen molar-refractivity contribution in [3.05, 3.63) is 52.8 Å². The fraction of sp³-hybridized carbons (Fsp3) is 0.0769. The molecule has 0 bridgehead atoms. The van der Waals surface area contributed by atoms with Crippen LogP contribution in [0.2, 0.25) is 5.02 Å². The third-order valence-corrected chi connectivity index (χ3v) is 4.31. The van der Waals surface area contributed by atoms with E-state index in [1.54, 1.807) is 6.92 Å². The van der Waals surface area contributed by atoms with Gasteiger partial charge in [0.05, 0.1) is 9.92 Å². The maximum atomic E-state index is 12.9. The summed E-state index contributed by atoms with van der Waals surface area (Å²) in [6, 6.07) is 8.02. The van der Waals surface area contributed by atoms with Crippen molar-refractivity contribution in [2.24, 2.45) is 0 Å². The van der Waals surface area contributed by atoms with Crippen molar-refractivity contribution < 1.29 is 17.5 Å². The van der Waals surface area contributed by atoms with E-state index in [1.165, 1.54) is 30.3 Å². The Bertz CT molecular complexity index is 760. The Morgan fingerprint density at radius 2 is 1.85 bits per heavy atom. The Labute approximate surface area is 125 Å². The molecular weight excluding hydrogens is 326 g/mol. The molecule has 0 heterocycles. The lowest BCUT2D eigenvalue weighted by molar-refractivity contribution is 0.480. The van der Waals surface area contributed by atoms with Crippen LogP contribution in [0.5, 0.6) is 11.5 Å². The first kappa shape index (κ1) is 15.1. The van der Waals surface area contributed by atoms with Gasteiger partial charge in [-0.05, 0) is 48.9 Å². The Morgan fingerprint density at radius 1 is 1.15 bits per heavy atom. The first-order valence-corrected chi connectivity index (χ1v) is 8.14. The highest BCUT2D eigenvalue weighted by atomic mass is 35.7. The van der Waals surface area contributed by atoms with Crippen molar-refractivity contribution >= 4 is 31.3 Å². The number of benzene rings is 2. The van der Waals surface area contributed by atoms with Gasteiger partial charge in [-0.3, -0.25) is 0 Å². The van der Waals surface area contributed by atoms with Crippen molar-refractivity contribution in [1.82, 2.24) is 0 Å². The molecule has 0 radical (unpaired) electrons. The van der Waals surface area contributed by atoms with Crippen molar-refractivity contribution in [2.45, 2.75) is 11.8 Å². The van der Waals surface area contributed by atoms with Crippen LogP contribution in [0.4, 0.5) is 4.39 Å². The molecule has 2 aromatic carbocycles. The Morgan fingerprint density at radius 3 is 2.40 bits per heavy atom. The van der Waals surface area contributed by atoms with Crippen LogP contribution < -0.4 is 4.74 Å². The molecule has 106 valence electrons. The molecule has 0 saturated heterocycles. The third-order valence-electron chi connectivity index (χ3n) is 2.53. The topological polar surface area (TPSA) is 43.4 Å². The number of hydrogen-bond acceptors (Lipinski definition) is 3. The minimum absolute atomic E-state index is 0.0109. The van der Waals surface area contributed by atoms with Gasteiger partial charge in [0.2, 0.25) is 0 Å². The van der Waals surface area contributed by atoms with Crippen LogP contribution in [0, 0.1) is 12.7 Å². The van der Waals surface area contributed by atoms with Crippen LogP contribution >= 0.6 is 22.3 Å². The standard InChI is InChI=1S/C13H9Cl2FO3S/c1-8-6-10(3-5-13(8)20(15,17)18)19-12-4-2-9(16)7-11(12)14/h2-7H,1H3. The second kappa shape index (κ2) is 5.60. The van der Waals surface area contributed by atoms with Gasteiger partial charge in [-0.25, -0.2) is 12.8 Å². The Balaban J connectivity index is 2.34. The highest BCUT2D eigenvalue weighted by molar-refractivity contribution is 8.13. The molecule has 0 atom stereocenters. The number of hydrogen-bond donors (Lipinski definition) is 0.